The number of amides is 1. The summed E-state index contributed by atoms with van der Waals surface area (Å²) in [6, 6.07) is 12.5. The molecule has 0 radical (unpaired) electrons. The largest absolute Gasteiger partial charge is 0.478 e. The Morgan fingerprint density at radius 2 is 1.68 bits per heavy atom. The van der Waals surface area contributed by atoms with Gasteiger partial charge in [-0.1, -0.05) is 43.5 Å². The highest BCUT2D eigenvalue weighted by Gasteiger charge is 2.39. The van der Waals surface area contributed by atoms with E-state index in [2.05, 4.69) is 38.3 Å². The zero-order valence-electron chi connectivity index (χ0n) is 22.8. The zero-order chi connectivity index (χ0) is 27.0. The van der Waals surface area contributed by atoms with Crippen LogP contribution in [-0.2, 0) is 24.4 Å². The summed E-state index contributed by atoms with van der Waals surface area (Å²) in [7, 11) is 0. The summed E-state index contributed by atoms with van der Waals surface area (Å²) in [4.78, 5) is 28.0. The summed E-state index contributed by atoms with van der Waals surface area (Å²) >= 11 is 0. The molecule has 1 N–H and O–H groups in total. The van der Waals surface area contributed by atoms with Gasteiger partial charge in [-0.25, -0.2) is 4.79 Å². The van der Waals surface area contributed by atoms with Gasteiger partial charge in [0, 0.05) is 66.3 Å². The van der Waals surface area contributed by atoms with E-state index < -0.39 is 5.97 Å². The number of ether oxygens (including phenoxy) is 1. The van der Waals surface area contributed by atoms with Crippen molar-refractivity contribution in [1.29, 1.82) is 0 Å². The average Bonchev–Trinajstić information content (AvgIpc) is 3.60. The Labute approximate surface area is 233 Å². The number of aromatic nitrogens is 2. The fourth-order valence-electron chi connectivity index (χ4n) is 8.19. The van der Waals surface area contributed by atoms with Crippen molar-refractivity contribution in [1.82, 2.24) is 14.0 Å². The summed E-state index contributed by atoms with van der Waals surface area (Å²) in [5.41, 5.74) is 8.39. The van der Waals surface area contributed by atoms with Crippen molar-refractivity contribution in [3.63, 3.8) is 0 Å². The number of fused-ring (bicyclic) bond motifs is 7. The van der Waals surface area contributed by atoms with E-state index >= 15 is 0 Å². The Bertz CT molecular complexity index is 1680. The van der Waals surface area contributed by atoms with Crippen LogP contribution in [0.25, 0.3) is 33.1 Å². The van der Waals surface area contributed by atoms with Crippen LogP contribution in [0.15, 0.2) is 36.4 Å². The van der Waals surface area contributed by atoms with Crippen LogP contribution >= 0.6 is 0 Å². The van der Waals surface area contributed by atoms with E-state index in [0.717, 1.165) is 56.8 Å². The molecule has 3 aliphatic heterocycles. The summed E-state index contributed by atoms with van der Waals surface area (Å²) in [5.74, 6) is -0.259. The molecule has 7 heteroatoms. The number of carboxylic acid groups (broad SMARTS) is 1. The van der Waals surface area contributed by atoms with Gasteiger partial charge in [-0.2, -0.15) is 0 Å². The Morgan fingerprint density at radius 3 is 2.48 bits per heavy atom. The van der Waals surface area contributed by atoms with Gasteiger partial charge in [0.05, 0.1) is 16.8 Å². The highest BCUT2D eigenvalue weighted by Crippen LogP contribution is 2.48. The summed E-state index contributed by atoms with van der Waals surface area (Å²) < 4.78 is 10.3. The Balaban J connectivity index is 1.37. The van der Waals surface area contributed by atoms with Crippen molar-refractivity contribution in [3.05, 3.63) is 58.8 Å². The Hall–Kier alpha value is -3.58. The number of carboxylic acids is 1. The maximum absolute atomic E-state index is 14.0. The predicted octanol–water partition coefficient (Wildman–Crippen LogP) is 6.55. The van der Waals surface area contributed by atoms with Crippen molar-refractivity contribution in [2.45, 2.75) is 83.0 Å². The molecule has 7 nitrogen and oxygen atoms in total. The number of carbonyl (C=O) groups is 2. The standard InChI is InChI=1S/C33H35N3O4/c37-32-31-26(19-36(32)22-12-16-40-17-13-22)23-8-4-9-25-29(23)35(31)15-5-14-34-27-18-21(33(38)39)10-11-24(27)28(30(25)34)20-6-2-1-3-7-20/h4,8-11,18,20,22H,1-3,5-7,12-17,19H2,(H,38,39). The second-order valence-electron chi connectivity index (χ2n) is 12.1. The lowest BCUT2D eigenvalue weighted by Crippen LogP contribution is -2.40. The van der Waals surface area contributed by atoms with E-state index in [1.807, 2.05) is 6.07 Å². The van der Waals surface area contributed by atoms with Crippen LogP contribution in [0, 0.1) is 0 Å². The first-order valence-corrected chi connectivity index (χ1v) is 15.0. The molecule has 2 fully saturated rings. The van der Waals surface area contributed by atoms with Gasteiger partial charge in [-0.15, -0.1) is 0 Å². The van der Waals surface area contributed by atoms with Crippen LogP contribution in [-0.4, -0.2) is 50.3 Å². The number of aryl methyl sites for hydroxylation is 2. The van der Waals surface area contributed by atoms with Gasteiger partial charge in [-0.3, -0.25) is 4.79 Å². The molecule has 0 spiro atoms. The monoisotopic (exact) mass is 537 g/mol. The molecule has 4 aliphatic rings. The normalized spacial score (nSPS) is 20.1. The number of rotatable bonds is 3. The number of hydrogen-bond acceptors (Lipinski definition) is 3. The van der Waals surface area contributed by atoms with Crippen molar-refractivity contribution < 1.29 is 19.4 Å². The maximum atomic E-state index is 14.0. The first-order chi connectivity index (χ1) is 19.6. The topological polar surface area (TPSA) is 76.7 Å². The second-order valence-corrected chi connectivity index (χ2v) is 12.1. The molecule has 1 amide bonds. The summed E-state index contributed by atoms with van der Waals surface area (Å²) in [5, 5.41) is 12.2. The van der Waals surface area contributed by atoms with Crippen LogP contribution < -0.4 is 0 Å². The molecule has 40 heavy (non-hydrogen) atoms. The zero-order valence-corrected chi connectivity index (χ0v) is 22.8. The smallest absolute Gasteiger partial charge is 0.335 e. The number of nitrogens with zero attached hydrogens (tertiary/aromatic N) is 3. The van der Waals surface area contributed by atoms with Crippen LogP contribution in [0.1, 0.15) is 89.3 Å². The van der Waals surface area contributed by atoms with E-state index in [1.165, 1.54) is 70.8 Å². The predicted molar refractivity (Wildman–Crippen MR) is 154 cm³/mol. The lowest BCUT2D eigenvalue weighted by atomic mass is 9.81. The van der Waals surface area contributed by atoms with Gasteiger partial charge >= 0.3 is 5.97 Å². The Morgan fingerprint density at radius 1 is 0.875 bits per heavy atom. The molecule has 0 bridgehead atoms. The van der Waals surface area contributed by atoms with Gasteiger partial charge in [0.2, 0.25) is 0 Å². The van der Waals surface area contributed by atoms with E-state index in [9.17, 15) is 14.7 Å². The highest BCUT2D eigenvalue weighted by molar-refractivity contribution is 6.09. The molecule has 1 saturated heterocycles. The minimum atomic E-state index is -0.887. The van der Waals surface area contributed by atoms with E-state index in [0.29, 0.717) is 18.0 Å². The van der Waals surface area contributed by atoms with Crippen molar-refractivity contribution in [2.24, 2.45) is 0 Å². The van der Waals surface area contributed by atoms with Crippen molar-refractivity contribution in [2.75, 3.05) is 13.2 Å². The van der Waals surface area contributed by atoms with Crippen molar-refractivity contribution >= 4 is 33.7 Å². The van der Waals surface area contributed by atoms with Crippen LogP contribution in [0.4, 0.5) is 0 Å². The quantitative estimate of drug-likeness (QED) is 0.322. The first kappa shape index (κ1) is 24.2. The molecule has 5 heterocycles. The van der Waals surface area contributed by atoms with Gasteiger partial charge < -0.3 is 23.9 Å². The van der Waals surface area contributed by atoms with Crippen LogP contribution in [0.2, 0.25) is 0 Å². The third-order valence-electron chi connectivity index (χ3n) is 9.99. The molecule has 2 aromatic carbocycles. The molecule has 206 valence electrons. The number of hydrogen-bond donors (Lipinski definition) is 1. The third kappa shape index (κ3) is 3.46. The number of benzene rings is 2. The second kappa shape index (κ2) is 9.23. The summed E-state index contributed by atoms with van der Waals surface area (Å²) in [6.07, 6.45) is 8.77. The first-order valence-electron chi connectivity index (χ1n) is 15.0. The molecule has 1 saturated carbocycles. The summed E-state index contributed by atoms with van der Waals surface area (Å²) in [6.45, 7) is 3.69. The molecular formula is C33H35N3O4. The minimum absolute atomic E-state index is 0.170. The molecule has 8 rings (SSSR count). The van der Waals surface area contributed by atoms with Gasteiger partial charge in [0.25, 0.3) is 5.91 Å². The molecule has 2 aromatic heterocycles. The lowest BCUT2D eigenvalue weighted by molar-refractivity contribution is 0.0300. The fraction of sp³-hybridized carbons (Fsp3) is 0.455. The highest BCUT2D eigenvalue weighted by atomic mass is 16.5. The Kier molecular flexibility index (Phi) is 5.59. The SMILES string of the molecule is O=C(O)c1ccc2c(C3CCCCC3)c3n(c2c1)CCCn1c2c(c4cccc-3c41)CN(C1CCOCC1)C2=O. The van der Waals surface area contributed by atoms with E-state index in [-0.39, 0.29) is 11.9 Å². The van der Waals surface area contributed by atoms with Crippen LogP contribution in [0.5, 0.6) is 0 Å². The van der Waals surface area contributed by atoms with Crippen LogP contribution in [0.3, 0.4) is 0 Å². The fourth-order valence-corrected chi connectivity index (χ4v) is 8.19. The molecule has 0 unspecified atom stereocenters. The van der Waals surface area contributed by atoms with Gasteiger partial charge in [-0.05, 0) is 55.7 Å². The molecule has 0 atom stereocenters. The number of aromatic carboxylic acids is 1. The third-order valence-corrected chi connectivity index (χ3v) is 9.99. The van der Waals surface area contributed by atoms with Gasteiger partial charge in [0.1, 0.15) is 5.69 Å². The molecule has 4 aromatic rings. The number of carbonyl (C=O) groups excluding carboxylic acids is 1. The van der Waals surface area contributed by atoms with Crippen molar-refractivity contribution in [3.8, 4) is 11.3 Å². The minimum Gasteiger partial charge on any atom is -0.478 e. The lowest BCUT2D eigenvalue weighted by Gasteiger charge is -2.31. The number of para-hydroxylation sites is 1. The van der Waals surface area contributed by atoms with Gasteiger partial charge in [0.15, 0.2) is 0 Å². The molecular weight excluding hydrogens is 502 g/mol. The average molecular weight is 538 g/mol. The molecule has 1 aliphatic carbocycles. The van der Waals surface area contributed by atoms with E-state index in [4.69, 9.17) is 4.74 Å². The maximum Gasteiger partial charge on any atom is 0.335 e. The van der Waals surface area contributed by atoms with E-state index in [1.54, 1.807) is 6.07 Å².